The number of Topliss-reactive ketones (excluding diaryl/α,β-unsaturated/α-hetero) is 1. The summed E-state index contributed by atoms with van der Waals surface area (Å²) in [5.74, 6) is -1.06. The van der Waals surface area contributed by atoms with Crippen LogP contribution in [0.15, 0.2) is 53.9 Å². The SMILES string of the molecule is O=C(O)CCC(=O)c1cc(-c2cccc3ccccc23)cs1. The van der Waals surface area contributed by atoms with E-state index in [2.05, 4.69) is 18.2 Å². The molecule has 0 fully saturated rings. The molecule has 0 saturated carbocycles. The van der Waals surface area contributed by atoms with Gasteiger partial charge < -0.3 is 5.11 Å². The van der Waals surface area contributed by atoms with Gasteiger partial charge in [-0.25, -0.2) is 0 Å². The number of fused-ring (bicyclic) bond motifs is 1. The summed E-state index contributed by atoms with van der Waals surface area (Å²) in [7, 11) is 0. The fourth-order valence-corrected chi connectivity index (χ4v) is 3.32. The van der Waals surface area contributed by atoms with Gasteiger partial charge in [-0.15, -0.1) is 11.3 Å². The summed E-state index contributed by atoms with van der Waals surface area (Å²) in [4.78, 5) is 23.2. The lowest BCUT2D eigenvalue weighted by Gasteiger charge is -2.04. The monoisotopic (exact) mass is 310 g/mol. The standard InChI is InChI=1S/C18H14O3S/c19-16(8-9-18(20)21)17-10-13(11-22-17)15-7-3-5-12-4-1-2-6-14(12)15/h1-7,10-11H,8-9H2,(H,20,21). The van der Waals surface area contributed by atoms with Crippen LogP contribution in [0.1, 0.15) is 22.5 Å². The molecular formula is C18H14O3S. The summed E-state index contributed by atoms with van der Waals surface area (Å²) < 4.78 is 0. The van der Waals surface area contributed by atoms with E-state index in [0.29, 0.717) is 4.88 Å². The minimum absolute atomic E-state index is 0.0465. The maximum atomic E-state index is 12.0. The number of ketones is 1. The highest BCUT2D eigenvalue weighted by atomic mass is 32.1. The Bertz CT molecular complexity index is 843. The Hall–Kier alpha value is -2.46. The van der Waals surface area contributed by atoms with Crippen LogP contribution in [0.25, 0.3) is 21.9 Å². The number of rotatable bonds is 5. The Morgan fingerprint density at radius 1 is 1.00 bits per heavy atom. The van der Waals surface area contributed by atoms with E-state index in [1.165, 1.54) is 11.3 Å². The maximum Gasteiger partial charge on any atom is 0.303 e. The number of thiophene rings is 1. The van der Waals surface area contributed by atoms with Crippen LogP contribution in [0.5, 0.6) is 0 Å². The Kier molecular flexibility index (Phi) is 4.02. The van der Waals surface area contributed by atoms with Gasteiger partial charge in [0.15, 0.2) is 5.78 Å². The molecule has 0 unspecified atom stereocenters. The van der Waals surface area contributed by atoms with E-state index in [1.807, 2.05) is 35.7 Å². The molecule has 3 aromatic rings. The Morgan fingerprint density at radius 2 is 1.77 bits per heavy atom. The van der Waals surface area contributed by atoms with Gasteiger partial charge in [-0.2, -0.15) is 0 Å². The molecule has 0 saturated heterocycles. The van der Waals surface area contributed by atoms with Gasteiger partial charge in [0.25, 0.3) is 0 Å². The molecule has 1 aromatic heterocycles. The Labute approximate surface area is 131 Å². The van der Waals surface area contributed by atoms with E-state index in [1.54, 1.807) is 0 Å². The van der Waals surface area contributed by atoms with Crippen molar-refractivity contribution < 1.29 is 14.7 Å². The van der Waals surface area contributed by atoms with Crippen molar-refractivity contribution in [1.29, 1.82) is 0 Å². The molecule has 3 nitrogen and oxygen atoms in total. The number of aliphatic carboxylic acids is 1. The van der Waals surface area contributed by atoms with Crippen LogP contribution in [-0.2, 0) is 4.79 Å². The molecule has 2 aromatic carbocycles. The van der Waals surface area contributed by atoms with Crippen molar-refractivity contribution >= 4 is 33.9 Å². The summed E-state index contributed by atoms with van der Waals surface area (Å²) in [6.45, 7) is 0. The molecule has 0 atom stereocenters. The topological polar surface area (TPSA) is 54.4 Å². The highest BCUT2D eigenvalue weighted by Gasteiger charge is 2.13. The number of carbonyl (C=O) groups is 2. The summed E-state index contributed by atoms with van der Waals surface area (Å²) in [5, 5.41) is 12.9. The van der Waals surface area contributed by atoms with Crippen molar-refractivity contribution in [3.8, 4) is 11.1 Å². The predicted octanol–water partition coefficient (Wildman–Crippen LogP) is 4.62. The first kappa shape index (κ1) is 14.5. The first-order chi connectivity index (χ1) is 10.6. The second-order valence-electron chi connectivity index (χ2n) is 5.04. The minimum atomic E-state index is -0.945. The van der Waals surface area contributed by atoms with Gasteiger partial charge in [-0.1, -0.05) is 42.5 Å². The number of benzene rings is 2. The lowest BCUT2D eigenvalue weighted by atomic mass is 10.00. The lowest BCUT2D eigenvalue weighted by Crippen LogP contribution is -2.01. The highest BCUT2D eigenvalue weighted by Crippen LogP contribution is 2.32. The molecule has 4 heteroatoms. The van der Waals surface area contributed by atoms with Crippen molar-refractivity contribution in [1.82, 2.24) is 0 Å². The van der Waals surface area contributed by atoms with Crippen molar-refractivity contribution in [2.75, 3.05) is 0 Å². The molecule has 1 N–H and O–H groups in total. The second-order valence-corrected chi connectivity index (χ2v) is 5.95. The number of carbonyl (C=O) groups excluding carboxylic acids is 1. The van der Waals surface area contributed by atoms with E-state index in [-0.39, 0.29) is 18.6 Å². The third-order valence-corrected chi connectivity index (χ3v) is 4.51. The number of carboxylic acid groups (broad SMARTS) is 1. The fourth-order valence-electron chi connectivity index (χ4n) is 2.44. The molecule has 0 bridgehead atoms. The molecule has 22 heavy (non-hydrogen) atoms. The summed E-state index contributed by atoms with van der Waals surface area (Å²) in [5.41, 5.74) is 2.09. The third kappa shape index (κ3) is 2.92. The van der Waals surface area contributed by atoms with Crippen LogP contribution < -0.4 is 0 Å². The van der Waals surface area contributed by atoms with Crippen LogP contribution in [0, 0.1) is 0 Å². The van der Waals surface area contributed by atoms with Gasteiger partial charge in [-0.3, -0.25) is 9.59 Å². The lowest BCUT2D eigenvalue weighted by molar-refractivity contribution is -0.136. The van der Waals surface area contributed by atoms with Crippen LogP contribution in [0.4, 0.5) is 0 Å². The van der Waals surface area contributed by atoms with Gasteiger partial charge >= 0.3 is 5.97 Å². The number of carboxylic acids is 1. The molecule has 0 aliphatic rings. The second kappa shape index (κ2) is 6.12. The average Bonchev–Trinajstić information content (AvgIpc) is 3.02. The third-order valence-electron chi connectivity index (χ3n) is 3.54. The smallest absolute Gasteiger partial charge is 0.303 e. The molecule has 3 rings (SSSR count). The normalized spacial score (nSPS) is 10.7. The maximum absolute atomic E-state index is 12.0. The summed E-state index contributed by atoms with van der Waals surface area (Å²) in [6, 6.07) is 16.1. The van der Waals surface area contributed by atoms with Gasteiger partial charge in [0.1, 0.15) is 0 Å². The van der Waals surface area contributed by atoms with Crippen molar-refractivity contribution in [3.63, 3.8) is 0 Å². The van der Waals surface area contributed by atoms with Crippen LogP contribution in [0.3, 0.4) is 0 Å². The summed E-state index contributed by atoms with van der Waals surface area (Å²) in [6.07, 6.45) is -0.0782. The average molecular weight is 310 g/mol. The van der Waals surface area contributed by atoms with E-state index in [0.717, 1.165) is 21.9 Å². The molecule has 0 radical (unpaired) electrons. The summed E-state index contributed by atoms with van der Waals surface area (Å²) >= 11 is 1.37. The molecule has 0 amide bonds. The zero-order valence-corrected chi connectivity index (χ0v) is 12.6. The molecule has 1 heterocycles. The van der Waals surface area contributed by atoms with Crippen LogP contribution >= 0.6 is 11.3 Å². The van der Waals surface area contributed by atoms with Gasteiger partial charge in [-0.05, 0) is 33.3 Å². The quantitative estimate of drug-likeness (QED) is 0.700. The Balaban J connectivity index is 1.93. The van der Waals surface area contributed by atoms with E-state index in [4.69, 9.17) is 5.11 Å². The van der Waals surface area contributed by atoms with Crippen molar-refractivity contribution in [2.45, 2.75) is 12.8 Å². The first-order valence-electron chi connectivity index (χ1n) is 6.97. The zero-order valence-electron chi connectivity index (χ0n) is 11.8. The fraction of sp³-hybridized carbons (Fsp3) is 0.111. The molecular weight excluding hydrogens is 296 g/mol. The zero-order chi connectivity index (χ0) is 15.5. The van der Waals surface area contributed by atoms with Crippen molar-refractivity contribution in [2.24, 2.45) is 0 Å². The number of hydrogen-bond acceptors (Lipinski definition) is 3. The van der Waals surface area contributed by atoms with Crippen LogP contribution in [0.2, 0.25) is 0 Å². The highest BCUT2D eigenvalue weighted by molar-refractivity contribution is 7.12. The van der Waals surface area contributed by atoms with Crippen LogP contribution in [-0.4, -0.2) is 16.9 Å². The molecule has 110 valence electrons. The van der Waals surface area contributed by atoms with E-state index < -0.39 is 5.97 Å². The first-order valence-corrected chi connectivity index (χ1v) is 7.85. The molecule has 0 aliphatic carbocycles. The predicted molar refractivity (Wildman–Crippen MR) is 88.5 cm³/mol. The largest absolute Gasteiger partial charge is 0.481 e. The van der Waals surface area contributed by atoms with Gasteiger partial charge in [0, 0.05) is 6.42 Å². The molecule has 0 spiro atoms. The van der Waals surface area contributed by atoms with E-state index in [9.17, 15) is 9.59 Å². The van der Waals surface area contributed by atoms with Gasteiger partial charge in [0.2, 0.25) is 0 Å². The van der Waals surface area contributed by atoms with E-state index >= 15 is 0 Å². The van der Waals surface area contributed by atoms with Crippen molar-refractivity contribution in [3.05, 3.63) is 58.8 Å². The number of hydrogen-bond donors (Lipinski definition) is 1. The minimum Gasteiger partial charge on any atom is -0.481 e. The Morgan fingerprint density at radius 3 is 2.59 bits per heavy atom. The van der Waals surface area contributed by atoms with Gasteiger partial charge in [0.05, 0.1) is 11.3 Å². The molecule has 0 aliphatic heterocycles.